The van der Waals surface area contributed by atoms with Gasteiger partial charge in [0.05, 0.1) is 5.69 Å². The van der Waals surface area contributed by atoms with E-state index in [1.54, 1.807) is 6.26 Å². The zero-order chi connectivity index (χ0) is 13.2. The largest absolute Gasteiger partial charge is 0.364 e. The van der Waals surface area contributed by atoms with Crippen LogP contribution in [0, 0.1) is 5.92 Å². The number of hydrogen-bond acceptors (Lipinski definition) is 4. The van der Waals surface area contributed by atoms with E-state index in [0.29, 0.717) is 12.0 Å². The number of aromatic nitrogens is 1. The summed E-state index contributed by atoms with van der Waals surface area (Å²) in [5.41, 5.74) is 1.25. The highest BCUT2D eigenvalue weighted by Crippen LogP contribution is 2.24. The van der Waals surface area contributed by atoms with E-state index >= 15 is 0 Å². The molecule has 0 radical (unpaired) electrons. The molecule has 1 aliphatic heterocycles. The molecule has 0 bridgehead atoms. The second kappa shape index (κ2) is 5.41. The summed E-state index contributed by atoms with van der Waals surface area (Å²) in [7, 11) is 0. The van der Waals surface area contributed by atoms with Crippen LogP contribution in [0.25, 0.3) is 0 Å². The van der Waals surface area contributed by atoms with E-state index in [1.165, 1.54) is 0 Å². The molecule has 0 aliphatic carbocycles. The Balaban J connectivity index is 2.09. The van der Waals surface area contributed by atoms with Gasteiger partial charge in [0, 0.05) is 37.3 Å². The molecule has 102 valence electrons. The quantitative estimate of drug-likeness (QED) is 0.891. The number of piperazine rings is 1. The summed E-state index contributed by atoms with van der Waals surface area (Å²) in [6.07, 6.45) is 2.80. The lowest BCUT2D eigenvalue weighted by Gasteiger charge is -2.47. The normalized spacial score (nSPS) is 29.9. The summed E-state index contributed by atoms with van der Waals surface area (Å²) < 4.78 is 4.94. The Labute approximate surface area is 110 Å². The van der Waals surface area contributed by atoms with E-state index in [9.17, 15) is 0 Å². The summed E-state index contributed by atoms with van der Waals surface area (Å²) in [5.74, 6) is 0.644. The van der Waals surface area contributed by atoms with Gasteiger partial charge in [0.1, 0.15) is 6.26 Å². The van der Waals surface area contributed by atoms with Gasteiger partial charge < -0.3 is 9.84 Å². The van der Waals surface area contributed by atoms with Crippen molar-refractivity contribution in [2.75, 3.05) is 13.1 Å². The van der Waals surface area contributed by atoms with Gasteiger partial charge in [-0.2, -0.15) is 0 Å². The highest BCUT2D eigenvalue weighted by molar-refractivity contribution is 5.01. The van der Waals surface area contributed by atoms with Crippen LogP contribution >= 0.6 is 0 Å². The predicted octanol–water partition coefficient (Wildman–Crippen LogP) is 2.27. The van der Waals surface area contributed by atoms with E-state index in [-0.39, 0.29) is 5.54 Å². The molecule has 1 aliphatic rings. The van der Waals surface area contributed by atoms with Gasteiger partial charge in [-0.05, 0) is 19.3 Å². The minimum atomic E-state index is 0.217. The number of nitrogens with zero attached hydrogens (tertiary/aromatic N) is 2. The first kappa shape index (κ1) is 13.6. The highest BCUT2D eigenvalue weighted by atomic mass is 16.5. The van der Waals surface area contributed by atoms with Gasteiger partial charge in [-0.15, -0.1) is 0 Å². The summed E-state index contributed by atoms with van der Waals surface area (Å²) in [5, 5.41) is 7.74. The maximum absolute atomic E-state index is 4.94. The molecule has 1 fully saturated rings. The molecular formula is C14H25N3O. The Morgan fingerprint density at radius 2 is 2.39 bits per heavy atom. The SMILES string of the molecule is CCC1(C)CN(Cc2ccon2)C(C(C)C)CN1. The molecule has 2 rings (SSSR count). The maximum Gasteiger partial charge on any atom is 0.124 e. The molecule has 2 unspecified atom stereocenters. The summed E-state index contributed by atoms with van der Waals surface area (Å²) >= 11 is 0. The second-order valence-electron chi connectivity index (χ2n) is 6.00. The lowest BCUT2D eigenvalue weighted by molar-refractivity contribution is 0.0521. The molecule has 1 saturated heterocycles. The monoisotopic (exact) mass is 251 g/mol. The fraction of sp³-hybridized carbons (Fsp3) is 0.786. The molecule has 2 atom stereocenters. The third-order valence-electron chi connectivity index (χ3n) is 4.17. The Bertz CT molecular complexity index is 363. The second-order valence-corrected chi connectivity index (χ2v) is 6.00. The van der Waals surface area contributed by atoms with Gasteiger partial charge in [0.25, 0.3) is 0 Å². The lowest BCUT2D eigenvalue weighted by atomic mass is 9.90. The molecule has 4 nitrogen and oxygen atoms in total. The van der Waals surface area contributed by atoms with E-state index in [1.807, 2.05) is 6.07 Å². The molecule has 1 aromatic heterocycles. The van der Waals surface area contributed by atoms with Gasteiger partial charge >= 0.3 is 0 Å². The predicted molar refractivity (Wildman–Crippen MR) is 72.2 cm³/mol. The van der Waals surface area contributed by atoms with Crippen LogP contribution in [0.2, 0.25) is 0 Å². The molecule has 0 amide bonds. The van der Waals surface area contributed by atoms with Crippen molar-refractivity contribution in [3.63, 3.8) is 0 Å². The summed E-state index contributed by atoms with van der Waals surface area (Å²) in [6, 6.07) is 2.53. The average Bonchev–Trinajstić information content (AvgIpc) is 2.81. The first-order valence-corrected chi connectivity index (χ1v) is 6.92. The van der Waals surface area contributed by atoms with Crippen LogP contribution in [-0.2, 0) is 6.54 Å². The fourth-order valence-corrected chi connectivity index (χ4v) is 2.70. The minimum absolute atomic E-state index is 0.217. The lowest BCUT2D eigenvalue weighted by Crippen LogP contribution is -2.63. The Morgan fingerprint density at radius 3 is 2.94 bits per heavy atom. The topological polar surface area (TPSA) is 41.3 Å². The molecule has 18 heavy (non-hydrogen) atoms. The van der Waals surface area contributed by atoms with Gasteiger partial charge in [-0.25, -0.2) is 0 Å². The first-order chi connectivity index (χ1) is 8.54. The standard InChI is InChI=1S/C14H25N3O/c1-5-14(4)10-17(9-12-6-7-18-16-12)13(8-15-14)11(2)3/h6-7,11,13,15H,5,8-10H2,1-4H3. The highest BCUT2D eigenvalue weighted by Gasteiger charge is 2.35. The molecule has 0 aromatic carbocycles. The van der Waals surface area contributed by atoms with Crippen molar-refractivity contribution in [1.29, 1.82) is 0 Å². The third kappa shape index (κ3) is 2.93. The van der Waals surface area contributed by atoms with Gasteiger partial charge in [0.15, 0.2) is 0 Å². The van der Waals surface area contributed by atoms with Gasteiger partial charge in [-0.1, -0.05) is 25.9 Å². The zero-order valence-corrected chi connectivity index (χ0v) is 11.9. The zero-order valence-electron chi connectivity index (χ0n) is 11.9. The fourth-order valence-electron chi connectivity index (χ4n) is 2.70. The van der Waals surface area contributed by atoms with E-state index in [4.69, 9.17) is 4.52 Å². The van der Waals surface area contributed by atoms with E-state index < -0.39 is 0 Å². The number of hydrogen-bond donors (Lipinski definition) is 1. The summed E-state index contributed by atoms with van der Waals surface area (Å²) in [6.45, 7) is 12.1. The molecule has 2 heterocycles. The molecule has 1 aromatic rings. The van der Waals surface area contributed by atoms with Crippen LogP contribution in [0.5, 0.6) is 0 Å². The van der Waals surface area contributed by atoms with Gasteiger partial charge in [0.2, 0.25) is 0 Å². The van der Waals surface area contributed by atoms with Crippen LogP contribution in [-0.4, -0.2) is 34.7 Å². The Morgan fingerprint density at radius 1 is 1.61 bits per heavy atom. The Hall–Kier alpha value is -0.870. The summed E-state index contributed by atoms with van der Waals surface area (Å²) in [4.78, 5) is 2.54. The van der Waals surface area contributed by atoms with Crippen molar-refractivity contribution in [3.05, 3.63) is 18.0 Å². The molecule has 0 saturated carbocycles. The van der Waals surface area contributed by atoms with Crippen molar-refractivity contribution in [2.45, 2.75) is 52.2 Å². The Kier molecular flexibility index (Phi) is 4.07. The molecule has 4 heteroatoms. The molecule has 1 N–H and O–H groups in total. The van der Waals surface area contributed by atoms with Crippen LogP contribution in [0.1, 0.15) is 39.8 Å². The van der Waals surface area contributed by atoms with E-state index in [2.05, 4.69) is 43.1 Å². The van der Waals surface area contributed by atoms with Crippen molar-refractivity contribution in [1.82, 2.24) is 15.4 Å². The van der Waals surface area contributed by atoms with Crippen molar-refractivity contribution in [2.24, 2.45) is 5.92 Å². The first-order valence-electron chi connectivity index (χ1n) is 6.92. The number of nitrogens with one attached hydrogen (secondary N) is 1. The molecule has 0 spiro atoms. The van der Waals surface area contributed by atoms with Crippen LogP contribution in [0.4, 0.5) is 0 Å². The van der Waals surface area contributed by atoms with Crippen LogP contribution in [0.3, 0.4) is 0 Å². The van der Waals surface area contributed by atoms with Crippen molar-refractivity contribution < 1.29 is 4.52 Å². The maximum atomic E-state index is 4.94. The van der Waals surface area contributed by atoms with Crippen molar-refractivity contribution >= 4 is 0 Å². The van der Waals surface area contributed by atoms with Crippen molar-refractivity contribution in [3.8, 4) is 0 Å². The minimum Gasteiger partial charge on any atom is -0.364 e. The average molecular weight is 251 g/mol. The number of rotatable bonds is 4. The van der Waals surface area contributed by atoms with E-state index in [0.717, 1.165) is 31.7 Å². The van der Waals surface area contributed by atoms with Crippen LogP contribution in [0.15, 0.2) is 16.9 Å². The van der Waals surface area contributed by atoms with Gasteiger partial charge in [-0.3, -0.25) is 4.90 Å². The van der Waals surface area contributed by atoms with Crippen LogP contribution < -0.4 is 5.32 Å². The smallest absolute Gasteiger partial charge is 0.124 e. The molecular weight excluding hydrogens is 226 g/mol. The third-order valence-corrected chi connectivity index (χ3v) is 4.17.